The van der Waals surface area contributed by atoms with Crippen molar-refractivity contribution in [1.82, 2.24) is 4.98 Å². The van der Waals surface area contributed by atoms with E-state index >= 15 is 0 Å². The van der Waals surface area contributed by atoms with Crippen LogP contribution < -0.4 is 9.47 Å². The van der Waals surface area contributed by atoms with Gasteiger partial charge in [-0.05, 0) is 6.42 Å². The number of hydrogen-bond donors (Lipinski definition) is 0. The highest BCUT2D eigenvalue weighted by Gasteiger charge is 2.11. The van der Waals surface area contributed by atoms with E-state index in [1.54, 1.807) is 6.20 Å². The van der Waals surface area contributed by atoms with Gasteiger partial charge < -0.3 is 9.47 Å². The first-order valence-electron chi connectivity index (χ1n) is 4.64. The van der Waals surface area contributed by atoms with Gasteiger partial charge in [-0.1, -0.05) is 13.3 Å². The van der Waals surface area contributed by atoms with Crippen LogP contribution in [-0.2, 0) is 6.42 Å². The van der Waals surface area contributed by atoms with Crippen LogP contribution in [0.25, 0.3) is 0 Å². The topological polar surface area (TPSA) is 31.4 Å². The molecule has 1 aromatic heterocycles. The summed E-state index contributed by atoms with van der Waals surface area (Å²) < 4.78 is 10.8. The van der Waals surface area contributed by atoms with E-state index in [4.69, 9.17) is 9.47 Å². The summed E-state index contributed by atoms with van der Waals surface area (Å²) in [6.07, 6.45) is 3.85. The molecule has 2 heterocycles. The fourth-order valence-corrected chi connectivity index (χ4v) is 1.38. The summed E-state index contributed by atoms with van der Waals surface area (Å²) in [5.41, 5.74) is 1.08. The maximum absolute atomic E-state index is 5.45. The number of aryl methyl sites for hydroxylation is 1. The van der Waals surface area contributed by atoms with Gasteiger partial charge in [0.1, 0.15) is 13.2 Å². The van der Waals surface area contributed by atoms with Crippen molar-refractivity contribution in [3.8, 4) is 11.5 Å². The van der Waals surface area contributed by atoms with E-state index in [1.165, 1.54) is 0 Å². The van der Waals surface area contributed by atoms with Gasteiger partial charge in [0.15, 0.2) is 11.5 Å². The number of rotatable bonds is 2. The Balaban J connectivity index is 2.24. The van der Waals surface area contributed by atoms with Crippen LogP contribution in [0.15, 0.2) is 12.3 Å². The lowest BCUT2D eigenvalue weighted by Crippen LogP contribution is -2.15. The van der Waals surface area contributed by atoms with E-state index in [9.17, 15) is 0 Å². The average molecular weight is 179 g/mol. The zero-order chi connectivity index (χ0) is 9.10. The van der Waals surface area contributed by atoms with Crippen LogP contribution in [0.2, 0.25) is 0 Å². The average Bonchev–Trinajstić information content (AvgIpc) is 2.18. The predicted molar refractivity (Wildman–Crippen MR) is 49.2 cm³/mol. The van der Waals surface area contributed by atoms with Gasteiger partial charge in [0, 0.05) is 11.8 Å². The molecule has 0 radical (unpaired) electrons. The molecule has 0 spiro atoms. The van der Waals surface area contributed by atoms with Crippen molar-refractivity contribution in [2.45, 2.75) is 19.8 Å². The van der Waals surface area contributed by atoms with Crippen LogP contribution in [0, 0.1) is 0 Å². The first kappa shape index (κ1) is 8.35. The summed E-state index contributed by atoms with van der Waals surface area (Å²) in [7, 11) is 0. The minimum absolute atomic E-state index is 0.627. The molecule has 3 heteroatoms. The van der Waals surface area contributed by atoms with Gasteiger partial charge in [-0.25, -0.2) is 0 Å². The zero-order valence-electron chi connectivity index (χ0n) is 7.75. The molecule has 1 aromatic rings. The summed E-state index contributed by atoms with van der Waals surface area (Å²) in [5, 5.41) is 0. The first-order chi connectivity index (χ1) is 6.40. The second-order valence-corrected chi connectivity index (χ2v) is 3.07. The number of nitrogens with zero attached hydrogens (tertiary/aromatic N) is 1. The molecule has 2 rings (SSSR count). The molecular formula is C10H13NO2. The van der Waals surface area contributed by atoms with Crippen LogP contribution in [0.4, 0.5) is 0 Å². The largest absolute Gasteiger partial charge is 0.486 e. The van der Waals surface area contributed by atoms with E-state index in [1.807, 2.05) is 6.07 Å². The van der Waals surface area contributed by atoms with E-state index in [2.05, 4.69) is 11.9 Å². The van der Waals surface area contributed by atoms with E-state index < -0.39 is 0 Å². The Morgan fingerprint density at radius 2 is 2.08 bits per heavy atom. The Kier molecular flexibility index (Phi) is 2.34. The van der Waals surface area contributed by atoms with E-state index in [0.717, 1.165) is 30.0 Å². The van der Waals surface area contributed by atoms with Gasteiger partial charge in [0.2, 0.25) is 0 Å². The van der Waals surface area contributed by atoms with E-state index in [0.29, 0.717) is 13.2 Å². The molecular weight excluding hydrogens is 166 g/mol. The van der Waals surface area contributed by atoms with Gasteiger partial charge >= 0.3 is 0 Å². The number of hydrogen-bond acceptors (Lipinski definition) is 3. The Bertz CT molecular complexity index is 299. The summed E-state index contributed by atoms with van der Waals surface area (Å²) in [6.45, 7) is 3.41. The zero-order valence-corrected chi connectivity index (χ0v) is 7.75. The molecule has 70 valence electrons. The highest BCUT2D eigenvalue weighted by molar-refractivity contribution is 5.39. The Hall–Kier alpha value is -1.25. The SMILES string of the molecule is CCCc1cc2c(cn1)OCCO2. The van der Waals surface area contributed by atoms with Gasteiger partial charge in [-0.2, -0.15) is 0 Å². The standard InChI is InChI=1S/C10H13NO2/c1-2-3-8-6-9-10(7-11-8)13-5-4-12-9/h6-7H,2-5H2,1H3. The molecule has 0 fully saturated rings. The quantitative estimate of drug-likeness (QED) is 0.693. The number of aromatic nitrogens is 1. The summed E-state index contributed by atoms with van der Waals surface area (Å²) in [6, 6.07) is 1.97. The normalized spacial score (nSPS) is 14.2. The van der Waals surface area contributed by atoms with E-state index in [-0.39, 0.29) is 0 Å². The summed E-state index contributed by atoms with van der Waals surface area (Å²) in [5.74, 6) is 1.61. The monoisotopic (exact) mass is 179 g/mol. The van der Waals surface area contributed by atoms with Crippen LogP contribution in [0.1, 0.15) is 19.0 Å². The first-order valence-corrected chi connectivity index (χ1v) is 4.64. The lowest BCUT2D eigenvalue weighted by Gasteiger charge is -2.18. The van der Waals surface area contributed by atoms with Crippen LogP contribution in [-0.4, -0.2) is 18.2 Å². The fraction of sp³-hybridized carbons (Fsp3) is 0.500. The Labute approximate surface area is 77.7 Å². The third kappa shape index (κ3) is 1.74. The number of pyridine rings is 1. The van der Waals surface area contributed by atoms with Gasteiger partial charge in [-0.15, -0.1) is 0 Å². The van der Waals surface area contributed by atoms with Crippen LogP contribution >= 0.6 is 0 Å². The molecule has 13 heavy (non-hydrogen) atoms. The molecule has 0 aliphatic carbocycles. The molecule has 0 atom stereocenters. The molecule has 3 nitrogen and oxygen atoms in total. The second kappa shape index (κ2) is 3.64. The smallest absolute Gasteiger partial charge is 0.179 e. The summed E-state index contributed by atoms with van der Waals surface area (Å²) >= 11 is 0. The molecule has 0 N–H and O–H groups in total. The predicted octanol–water partition coefficient (Wildman–Crippen LogP) is 1.81. The minimum Gasteiger partial charge on any atom is -0.486 e. The maximum atomic E-state index is 5.45. The molecule has 0 saturated heterocycles. The van der Waals surface area contributed by atoms with Gasteiger partial charge in [0.25, 0.3) is 0 Å². The Morgan fingerprint density at radius 1 is 1.31 bits per heavy atom. The highest BCUT2D eigenvalue weighted by atomic mass is 16.6. The third-order valence-electron chi connectivity index (χ3n) is 1.99. The molecule has 0 aromatic carbocycles. The minimum atomic E-state index is 0.627. The van der Waals surface area contributed by atoms with Crippen molar-refractivity contribution in [3.05, 3.63) is 18.0 Å². The Morgan fingerprint density at radius 3 is 2.85 bits per heavy atom. The van der Waals surface area contributed by atoms with Gasteiger partial charge in [0.05, 0.1) is 6.20 Å². The fourth-order valence-electron chi connectivity index (χ4n) is 1.38. The molecule has 1 aliphatic rings. The van der Waals surface area contributed by atoms with Crippen molar-refractivity contribution >= 4 is 0 Å². The maximum Gasteiger partial charge on any atom is 0.179 e. The van der Waals surface area contributed by atoms with Crippen molar-refractivity contribution in [2.24, 2.45) is 0 Å². The second-order valence-electron chi connectivity index (χ2n) is 3.07. The molecule has 0 unspecified atom stereocenters. The van der Waals surface area contributed by atoms with Crippen molar-refractivity contribution < 1.29 is 9.47 Å². The van der Waals surface area contributed by atoms with Crippen LogP contribution in [0.5, 0.6) is 11.5 Å². The third-order valence-corrected chi connectivity index (χ3v) is 1.99. The molecule has 0 amide bonds. The summed E-state index contributed by atoms with van der Waals surface area (Å²) in [4.78, 5) is 4.28. The lowest BCUT2D eigenvalue weighted by molar-refractivity contribution is 0.170. The lowest BCUT2D eigenvalue weighted by atomic mass is 10.2. The van der Waals surface area contributed by atoms with Crippen molar-refractivity contribution in [2.75, 3.05) is 13.2 Å². The van der Waals surface area contributed by atoms with Crippen molar-refractivity contribution in [1.29, 1.82) is 0 Å². The van der Waals surface area contributed by atoms with Crippen LogP contribution in [0.3, 0.4) is 0 Å². The molecule has 0 saturated carbocycles. The highest BCUT2D eigenvalue weighted by Crippen LogP contribution is 2.29. The molecule has 0 bridgehead atoms. The number of fused-ring (bicyclic) bond motifs is 1. The van der Waals surface area contributed by atoms with Gasteiger partial charge in [-0.3, -0.25) is 4.98 Å². The van der Waals surface area contributed by atoms with Crippen molar-refractivity contribution in [3.63, 3.8) is 0 Å². The molecule has 1 aliphatic heterocycles. The number of ether oxygens (including phenoxy) is 2.